The summed E-state index contributed by atoms with van der Waals surface area (Å²) in [6.07, 6.45) is 1.03. The second-order valence-corrected chi connectivity index (χ2v) is 4.55. The summed E-state index contributed by atoms with van der Waals surface area (Å²) in [4.78, 5) is 0. The maximum Gasteiger partial charge on any atom is 0.169 e. The molecule has 0 fully saturated rings. The summed E-state index contributed by atoms with van der Waals surface area (Å²) in [6.45, 7) is 2.06. The first-order valence-corrected chi connectivity index (χ1v) is 6.08. The lowest BCUT2D eigenvalue weighted by atomic mass is 10.0. The second kappa shape index (κ2) is 4.09. The average molecular weight is 244 g/mol. The summed E-state index contributed by atoms with van der Waals surface area (Å²) < 4.78 is 17.0. The quantitative estimate of drug-likeness (QED) is 0.812. The van der Waals surface area contributed by atoms with E-state index in [4.69, 9.17) is 14.2 Å². The molecule has 2 aromatic carbocycles. The van der Waals surface area contributed by atoms with Crippen LogP contribution in [0.5, 0.6) is 17.2 Å². The molecule has 0 aliphatic carbocycles. The van der Waals surface area contributed by atoms with Crippen molar-refractivity contribution >= 4 is 10.8 Å². The van der Waals surface area contributed by atoms with Crippen molar-refractivity contribution in [3.63, 3.8) is 0 Å². The number of hydrogen-bond donors (Lipinski definition) is 0. The molecule has 1 aliphatic heterocycles. The molecule has 0 saturated heterocycles. The van der Waals surface area contributed by atoms with E-state index in [9.17, 15) is 0 Å². The molecule has 0 spiro atoms. The molecule has 18 heavy (non-hydrogen) atoms. The molecule has 2 aromatic rings. The van der Waals surface area contributed by atoms with Gasteiger partial charge in [-0.3, -0.25) is 0 Å². The van der Waals surface area contributed by atoms with Crippen LogP contribution in [0.2, 0.25) is 0 Å². The lowest BCUT2D eigenvalue weighted by molar-refractivity contribution is 0.244. The van der Waals surface area contributed by atoms with E-state index < -0.39 is 0 Å². The fourth-order valence-electron chi connectivity index (χ4n) is 2.68. The van der Waals surface area contributed by atoms with Crippen LogP contribution in [-0.4, -0.2) is 20.3 Å². The number of ether oxygens (including phenoxy) is 3. The molecule has 3 rings (SSSR count). The van der Waals surface area contributed by atoms with Crippen molar-refractivity contribution in [1.82, 2.24) is 0 Å². The SMILES string of the molecule is COc1c2c(c(OC)c3ccccc13)OC(C)C2. The normalized spacial score (nSPS) is 17.4. The molecule has 1 unspecified atom stereocenters. The first kappa shape index (κ1) is 11.2. The van der Waals surface area contributed by atoms with E-state index in [2.05, 4.69) is 13.0 Å². The molecule has 0 saturated carbocycles. The average Bonchev–Trinajstić information content (AvgIpc) is 2.76. The molecule has 0 amide bonds. The highest BCUT2D eigenvalue weighted by Gasteiger charge is 2.29. The van der Waals surface area contributed by atoms with Crippen LogP contribution in [0.15, 0.2) is 24.3 Å². The molecule has 94 valence electrons. The molecule has 1 atom stereocenters. The fourth-order valence-corrected chi connectivity index (χ4v) is 2.68. The maximum atomic E-state index is 5.87. The number of benzene rings is 2. The van der Waals surface area contributed by atoms with Crippen LogP contribution in [0.25, 0.3) is 10.8 Å². The van der Waals surface area contributed by atoms with E-state index in [1.54, 1.807) is 14.2 Å². The zero-order valence-corrected chi connectivity index (χ0v) is 10.8. The van der Waals surface area contributed by atoms with Gasteiger partial charge < -0.3 is 14.2 Å². The van der Waals surface area contributed by atoms with Gasteiger partial charge in [-0.2, -0.15) is 0 Å². The van der Waals surface area contributed by atoms with Crippen LogP contribution in [0.3, 0.4) is 0 Å². The van der Waals surface area contributed by atoms with E-state index in [0.717, 1.165) is 40.0 Å². The van der Waals surface area contributed by atoms with Crippen molar-refractivity contribution in [3.05, 3.63) is 29.8 Å². The van der Waals surface area contributed by atoms with Gasteiger partial charge in [0.1, 0.15) is 11.9 Å². The van der Waals surface area contributed by atoms with Crippen LogP contribution >= 0.6 is 0 Å². The van der Waals surface area contributed by atoms with Gasteiger partial charge in [0, 0.05) is 22.8 Å². The lowest BCUT2D eigenvalue weighted by Crippen LogP contribution is -2.05. The monoisotopic (exact) mass is 244 g/mol. The minimum Gasteiger partial charge on any atom is -0.496 e. The molecular weight excluding hydrogens is 228 g/mol. The zero-order valence-electron chi connectivity index (χ0n) is 10.8. The number of fused-ring (bicyclic) bond motifs is 2. The lowest BCUT2D eigenvalue weighted by Gasteiger charge is -2.15. The van der Waals surface area contributed by atoms with Crippen LogP contribution < -0.4 is 14.2 Å². The van der Waals surface area contributed by atoms with Crippen molar-refractivity contribution in [2.24, 2.45) is 0 Å². The Hall–Kier alpha value is -1.90. The standard InChI is InChI=1S/C15H16O3/c1-9-8-12-13(16-2)10-6-4-5-7-11(10)14(17-3)15(12)18-9/h4-7,9H,8H2,1-3H3. The smallest absolute Gasteiger partial charge is 0.169 e. The van der Waals surface area contributed by atoms with Gasteiger partial charge in [-0.05, 0) is 6.92 Å². The van der Waals surface area contributed by atoms with Crippen LogP contribution in [0.1, 0.15) is 12.5 Å². The van der Waals surface area contributed by atoms with Crippen LogP contribution in [-0.2, 0) is 6.42 Å². The molecule has 3 nitrogen and oxygen atoms in total. The molecular formula is C15H16O3. The number of methoxy groups -OCH3 is 2. The predicted octanol–water partition coefficient (Wildman–Crippen LogP) is 3.18. The highest BCUT2D eigenvalue weighted by Crippen LogP contribution is 2.49. The van der Waals surface area contributed by atoms with E-state index in [-0.39, 0.29) is 6.10 Å². The Bertz CT molecular complexity index is 552. The van der Waals surface area contributed by atoms with Crippen molar-refractivity contribution < 1.29 is 14.2 Å². The van der Waals surface area contributed by atoms with Crippen LogP contribution in [0.4, 0.5) is 0 Å². The largest absolute Gasteiger partial charge is 0.496 e. The van der Waals surface area contributed by atoms with Crippen molar-refractivity contribution in [1.29, 1.82) is 0 Å². The van der Waals surface area contributed by atoms with Gasteiger partial charge in [-0.15, -0.1) is 0 Å². The maximum absolute atomic E-state index is 5.87. The minimum absolute atomic E-state index is 0.166. The predicted molar refractivity (Wildman–Crippen MR) is 70.8 cm³/mol. The second-order valence-electron chi connectivity index (χ2n) is 4.55. The number of rotatable bonds is 2. The summed E-state index contributed by atoms with van der Waals surface area (Å²) in [6, 6.07) is 8.09. The Kier molecular flexibility index (Phi) is 2.54. The Morgan fingerprint density at radius 2 is 1.67 bits per heavy atom. The third kappa shape index (κ3) is 1.43. The third-order valence-electron chi connectivity index (χ3n) is 3.39. The minimum atomic E-state index is 0.166. The summed E-state index contributed by atoms with van der Waals surface area (Å²) in [5, 5.41) is 2.11. The first-order chi connectivity index (χ1) is 8.76. The van der Waals surface area contributed by atoms with E-state index >= 15 is 0 Å². The molecule has 0 aromatic heterocycles. The van der Waals surface area contributed by atoms with Crippen LogP contribution in [0, 0.1) is 0 Å². The van der Waals surface area contributed by atoms with Gasteiger partial charge in [0.05, 0.1) is 14.2 Å². The Morgan fingerprint density at radius 3 is 2.28 bits per heavy atom. The highest BCUT2D eigenvalue weighted by atomic mass is 16.5. The van der Waals surface area contributed by atoms with Gasteiger partial charge in [-0.1, -0.05) is 24.3 Å². The molecule has 0 radical (unpaired) electrons. The van der Waals surface area contributed by atoms with Gasteiger partial charge in [0.15, 0.2) is 11.5 Å². The van der Waals surface area contributed by atoms with E-state index in [1.807, 2.05) is 18.2 Å². The van der Waals surface area contributed by atoms with Crippen molar-refractivity contribution in [2.75, 3.05) is 14.2 Å². The zero-order chi connectivity index (χ0) is 12.7. The number of hydrogen-bond acceptors (Lipinski definition) is 3. The van der Waals surface area contributed by atoms with Crippen molar-refractivity contribution in [2.45, 2.75) is 19.4 Å². The topological polar surface area (TPSA) is 27.7 Å². The molecule has 1 aliphatic rings. The Morgan fingerprint density at radius 1 is 1.06 bits per heavy atom. The molecule has 1 heterocycles. The van der Waals surface area contributed by atoms with Gasteiger partial charge in [0.2, 0.25) is 0 Å². The molecule has 0 N–H and O–H groups in total. The van der Waals surface area contributed by atoms with Gasteiger partial charge in [0.25, 0.3) is 0 Å². The summed E-state index contributed by atoms with van der Waals surface area (Å²) in [7, 11) is 3.39. The van der Waals surface area contributed by atoms with Gasteiger partial charge in [-0.25, -0.2) is 0 Å². The van der Waals surface area contributed by atoms with E-state index in [1.165, 1.54) is 0 Å². The van der Waals surface area contributed by atoms with Crippen molar-refractivity contribution in [3.8, 4) is 17.2 Å². The van der Waals surface area contributed by atoms with E-state index in [0.29, 0.717) is 0 Å². The third-order valence-corrected chi connectivity index (χ3v) is 3.39. The molecule has 0 bridgehead atoms. The summed E-state index contributed by atoms with van der Waals surface area (Å²) >= 11 is 0. The first-order valence-electron chi connectivity index (χ1n) is 6.08. The van der Waals surface area contributed by atoms with Gasteiger partial charge >= 0.3 is 0 Å². The summed E-state index contributed by atoms with van der Waals surface area (Å²) in [5.74, 6) is 2.55. The fraction of sp³-hybridized carbons (Fsp3) is 0.333. The highest BCUT2D eigenvalue weighted by molar-refractivity contribution is 5.97. The Balaban J connectivity index is 2.42. The Labute approximate surface area is 106 Å². The molecule has 3 heteroatoms. The summed E-state index contributed by atoms with van der Waals surface area (Å²) in [5.41, 5.74) is 1.11.